The van der Waals surface area contributed by atoms with Crippen LogP contribution in [0.5, 0.6) is 5.75 Å². The molecule has 2 aromatic carbocycles. The predicted molar refractivity (Wildman–Crippen MR) is 133 cm³/mol. The fourth-order valence-corrected chi connectivity index (χ4v) is 3.88. The summed E-state index contributed by atoms with van der Waals surface area (Å²) in [5, 5.41) is 30.9. The number of hydrogen-bond donors (Lipinski definition) is 3. The number of rotatable bonds is 10. The normalized spacial score (nSPS) is 23.8. The van der Waals surface area contributed by atoms with Gasteiger partial charge in [0, 0.05) is 0 Å². The van der Waals surface area contributed by atoms with Crippen molar-refractivity contribution in [2.75, 3.05) is 6.61 Å². The van der Waals surface area contributed by atoms with E-state index in [-0.39, 0.29) is 6.61 Å². The second-order valence-electron chi connectivity index (χ2n) is 10.0. The van der Waals surface area contributed by atoms with Gasteiger partial charge in [0.2, 0.25) is 6.29 Å². The van der Waals surface area contributed by atoms with Crippen molar-refractivity contribution in [1.82, 2.24) is 0 Å². The third-order valence-electron chi connectivity index (χ3n) is 6.35. The van der Waals surface area contributed by atoms with Crippen LogP contribution in [0.3, 0.4) is 0 Å². The summed E-state index contributed by atoms with van der Waals surface area (Å²) in [5.41, 5.74) is 1.85. The molecule has 5 atom stereocenters. The van der Waals surface area contributed by atoms with Gasteiger partial charge in [-0.05, 0) is 63.3 Å². The Bertz CT molecular complexity index is 1050. The number of carbonyl (C=O) groups is 2. The number of aliphatic hydroxyl groups is 3. The minimum Gasteiger partial charge on any atom is -0.493 e. The summed E-state index contributed by atoms with van der Waals surface area (Å²) < 4.78 is 21.8. The Balaban J connectivity index is 1.54. The molecular formula is C28H36O9. The Morgan fingerprint density at radius 3 is 2.38 bits per heavy atom. The van der Waals surface area contributed by atoms with E-state index in [4.69, 9.17) is 18.9 Å². The van der Waals surface area contributed by atoms with Gasteiger partial charge in [-0.1, -0.05) is 42.5 Å². The highest BCUT2D eigenvalue weighted by atomic mass is 16.7. The molecular weight excluding hydrogens is 480 g/mol. The van der Waals surface area contributed by atoms with Gasteiger partial charge < -0.3 is 34.3 Å². The van der Waals surface area contributed by atoms with Crippen molar-refractivity contribution in [1.29, 1.82) is 0 Å². The van der Waals surface area contributed by atoms with Crippen molar-refractivity contribution in [3.05, 3.63) is 65.2 Å². The van der Waals surface area contributed by atoms with Crippen molar-refractivity contribution in [3.8, 4) is 5.75 Å². The lowest BCUT2D eigenvalue weighted by Gasteiger charge is -2.39. The summed E-state index contributed by atoms with van der Waals surface area (Å²) in [6, 6.07) is 14.8. The molecule has 0 radical (unpaired) electrons. The molecule has 0 bridgehead atoms. The molecule has 1 heterocycles. The van der Waals surface area contributed by atoms with E-state index in [0.29, 0.717) is 25.0 Å². The Morgan fingerprint density at radius 2 is 1.68 bits per heavy atom. The average molecular weight is 517 g/mol. The van der Waals surface area contributed by atoms with Crippen LogP contribution in [-0.2, 0) is 30.4 Å². The highest BCUT2D eigenvalue weighted by molar-refractivity contribution is 5.77. The Kier molecular flexibility index (Phi) is 9.67. The Morgan fingerprint density at radius 1 is 0.973 bits per heavy atom. The van der Waals surface area contributed by atoms with Crippen LogP contribution in [0.4, 0.5) is 0 Å². The van der Waals surface area contributed by atoms with Crippen molar-refractivity contribution < 1.29 is 43.9 Å². The van der Waals surface area contributed by atoms with Crippen LogP contribution < -0.4 is 4.74 Å². The number of aliphatic hydroxyl groups excluding tert-OH is 3. The van der Waals surface area contributed by atoms with Gasteiger partial charge in [-0.3, -0.25) is 4.79 Å². The molecule has 0 aliphatic carbocycles. The van der Waals surface area contributed by atoms with Gasteiger partial charge >= 0.3 is 11.9 Å². The molecule has 202 valence electrons. The average Bonchev–Trinajstić information content (AvgIpc) is 2.87. The Hall–Kier alpha value is -2.98. The molecule has 1 aliphatic heterocycles. The summed E-state index contributed by atoms with van der Waals surface area (Å²) in [4.78, 5) is 25.4. The zero-order valence-electron chi connectivity index (χ0n) is 21.6. The maximum atomic E-state index is 12.9. The highest BCUT2D eigenvalue weighted by Crippen LogP contribution is 2.29. The third-order valence-corrected chi connectivity index (χ3v) is 6.35. The van der Waals surface area contributed by atoms with Crippen molar-refractivity contribution in [2.24, 2.45) is 5.41 Å². The molecule has 37 heavy (non-hydrogen) atoms. The molecule has 1 fully saturated rings. The highest BCUT2D eigenvalue weighted by Gasteiger charge is 2.50. The van der Waals surface area contributed by atoms with E-state index in [9.17, 15) is 24.9 Å². The molecule has 0 saturated carbocycles. The maximum absolute atomic E-state index is 12.9. The van der Waals surface area contributed by atoms with E-state index in [1.54, 1.807) is 38.1 Å². The minimum atomic E-state index is -1.78. The van der Waals surface area contributed by atoms with Crippen molar-refractivity contribution in [3.63, 3.8) is 0 Å². The summed E-state index contributed by atoms with van der Waals surface area (Å²) >= 11 is 0. The number of carbonyl (C=O) groups excluding carboxylic acids is 2. The first-order valence-corrected chi connectivity index (χ1v) is 12.3. The van der Waals surface area contributed by atoms with E-state index in [0.717, 1.165) is 16.9 Å². The molecule has 0 spiro atoms. The van der Waals surface area contributed by atoms with Gasteiger partial charge in [0.05, 0.1) is 12.0 Å². The topological polar surface area (TPSA) is 132 Å². The Labute approximate surface area is 216 Å². The summed E-state index contributed by atoms with van der Waals surface area (Å²) in [6.07, 6.45) is -7.63. The molecule has 3 N–H and O–H groups in total. The fraction of sp³-hybridized carbons (Fsp3) is 0.500. The SMILES string of the molecule is Cc1ccc(C)c(OCCCC(C)(C)C(=O)O[C@@H]2O[C@H](C(=O)OCc3ccccc3)[C@@H](O)[C@@H](O)[C@@H]2O)c1. The maximum Gasteiger partial charge on any atom is 0.338 e. The van der Waals surface area contributed by atoms with Gasteiger partial charge in [0.15, 0.2) is 6.10 Å². The van der Waals surface area contributed by atoms with E-state index < -0.39 is 48.1 Å². The van der Waals surface area contributed by atoms with Gasteiger partial charge in [0.25, 0.3) is 0 Å². The molecule has 9 heteroatoms. The van der Waals surface area contributed by atoms with Crippen LogP contribution in [0.25, 0.3) is 0 Å². The first-order valence-electron chi connectivity index (χ1n) is 12.3. The summed E-state index contributed by atoms with van der Waals surface area (Å²) in [6.45, 7) is 7.62. The lowest BCUT2D eigenvalue weighted by Crippen LogP contribution is -2.61. The largest absolute Gasteiger partial charge is 0.493 e. The molecule has 0 unspecified atom stereocenters. The number of esters is 2. The molecule has 0 amide bonds. The van der Waals surface area contributed by atoms with Gasteiger partial charge in [0.1, 0.15) is 30.7 Å². The fourth-order valence-electron chi connectivity index (χ4n) is 3.88. The second kappa shape index (κ2) is 12.5. The first-order chi connectivity index (χ1) is 17.5. The lowest BCUT2D eigenvalue weighted by atomic mass is 9.88. The molecule has 0 aromatic heterocycles. The lowest BCUT2D eigenvalue weighted by molar-refractivity contribution is -0.290. The van der Waals surface area contributed by atoms with E-state index in [1.165, 1.54) is 0 Å². The quantitative estimate of drug-likeness (QED) is 0.322. The molecule has 1 aliphatic rings. The monoisotopic (exact) mass is 516 g/mol. The smallest absolute Gasteiger partial charge is 0.338 e. The standard InChI is InChI=1S/C28H36O9/c1-17-11-12-18(2)20(15-17)34-14-8-13-28(3,4)27(33)37-26-23(31)21(29)22(30)24(36-26)25(32)35-16-19-9-6-5-7-10-19/h5-7,9-12,15,21-24,26,29-31H,8,13-14,16H2,1-4H3/t21-,22+,23+,24+,26+/m1/s1. The van der Waals surface area contributed by atoms with Gasteiger partial charge in [-0.15, -0.1) is 0 Å². The number of hydrogen-bond acceptors (Lipinski definition) is 9. The minimum absolute atomic E-state index is 0.0769. The van der Waals surface area contributed by atoms with Crippen LogP contribution in [0.2, 0.25) is 0 Å². The molecule has 9 nitrogen and oxygen atoms in total. The molecule has 1 saturated heterocycles. The van der Waals surface area contributed by atoms with Crippen LogP contribution in [0.1, 0.15) is 43.4 Å². The van der Waals surface area contributed by atoms with Crippen LogP contribution in [-0.4, -0.2) is 64.6 Å². The van der Waals surface area contributed by atoms with Crippen molar-refractivity contribution in [2.45, 2.75) is 77.8 Å². The summed E-state index contributed by atoms with van der Waals surface area (Å²) in [7, 11) is 0. The number of ether oxygens (including phenoxy) is 4. The zero-order valence-corrected chi connectivity index (χ0v) is 21.6. The van der Waals surface area contributed by atoms with E-state index in [1.807, 2.05) is 38.1 Å². The van der Waals surface area contributed by atoms with Crippen LogP contribution >= 0.6 is 0 Å². The number of aryl methyl sites for hydroxylation is 2. The number of benzene rings is 2. The third kappa shape index (κ3) is 7.52. The first kappa shape index (κ1) is 28.6. The summed E-state index contributed by atoms with van der Waals surface area (Å²) in [5.74, 6) is -0.855. The van der Waals surface area contributed by atoms with E-state index in [2.05, 4.69) is 0 Å². The molecule has 2 aromatic rings. The van der Waals surface area contributed by atoms with Gasteiger partial charge in [-0.25, -0.2) is 4.79 Å². The predicted octanol–water partition coefficient (Wildman–Crippen LogP) is 2.58. The zero-order chi connectivity index (χ0) is 27.2. The van der Waals surface area contributed by atoms with Crippen LogP contribution in [0.15, 0.2) is 48.5 Å². The van der Waals surface area contributed by atoms with Crippen LogP contribution in [0, 0.1) is 19.3 Å². The van der Waals surface area contributed by atoms with Crippen molar-refractivity contribution >= 4 is 11.9 Å². The van der Waals surface area contributed by atoms with E-state index >= 15 is 0 Å². The van der Waals surface area contributed by atoms with Gasteiger partial charge in [-0.2, -0.15) is 0 Å². The second-order valence-corrected chi connectivity index (χ2v) is 10.0. The molecule has 3 rings (SSSR count).